The number of hydrogen-bond acceptors (Lipinski definition) is 7. The maximum Gasteiger partial charge on any atom is 0.329 e. The van der Waals surface area contributed by atoms with Gasteiger partial charge in [0.05, 0.1) is 12.1 Å². The predicted molar refractivity (Wildman–Crippen MR) is 163 cm³/mol. The van der Waals surface area contributed by atoms with Crippen LogP contribution < -0.4 is 10.2 Å². The van der Waals surface area contributed by atoms with Crippen molar-refractivity contribution in [2.75, 3.05) is 6.54 Å². The second-order valence-electron chi connectivity index (χ2n) is 12.4. The Hall–Kier alpha value is -2.49. The lowest BCUT2D eigenvalue weighted by atomic mass is 9.86. The highest BCUT2D eigenvalue weighted by Gasteiger charge is 2.40. The second kappa shape index (κ2) is 17.6. The van der Waals surface area contributed by atoms with Crippen molar-refractivity contribution in [2.24, 2.45) is 23.7 Å². The number of aliphatic hydroxyl groups is 1. The number of nitrogens with zero attached hydrogens (tertiary/aromatic N) is 1. The van der Waals surface area contributed by atoms with Gasteiger partial charge in [0.25, 0.3) is 0 Å². The first kappa shape index (κ1) is 35.7. The van der Waals surface area contributed by atoms with Crippen LogP contribution in [0.1, 0.15) is 85.6 Å². The van der Waals surface area contributed by atoms with Gasteiger partial charge >= 0.3 is 5.97 Å². The Balaban J connectivity index is 2.09. The molecule has 1 aromatic rings. The molecular weight excluding hydrogens is 558 g/mol. The Bertz CT molecular complexity index is 1020. The first-order chi connectivity index (χ1) is 19.9. The minimum atomic E-state index is -0.982. The smallest absolute Gasteiger partial charge is 0.329 e. The number of benzene rings is 1. The van der Waals surface area contributed by atoms with Gasteiger partial charge in [0, 0.05) is 25.3 Å². The molecule has 6 atom stereocenters. The number of Topliss-reactive ketones (excluding diaryl/α,β-unsaturated/α-hetero) is 1. The summed E-state index contributed by atoms with van der Waals surface area (Å²) in [4.78, 5) is 57.3. The van der Waals surface area contributed by atoms with Gasteiger partial charge < -0.3 is 20.1 Å². The van der Waals surface area contributed by atoms with Gasteiger partial charge in [0.15, 0.2) is 0 Å². The number of carbonyl (C=O) groups is 4. The van der Waals surface area contributed by atoms with Crippen LogP contribution >= 0.6 is 11.8 Å². The predicted octanol–water partition coefficient (Wildman–Crippen LogP) is 4.39. The third-order valence-corrected chi connectivity index (χ3v) is 8.43. The van der Waals surface area contributed by atoms with E-state index in [4.69, 9.17) is 16.5 Å². The molecule has 1 aliphatic heterocycles. The second-order valence-corrected chi connectivity index (χ2v) is 12.6. The van der Waals surface area contributed by atoms with E-state index in [2.05, 4.69) is 10.2 Å². The molecule has 1 fully saturated rings. The Labute approximate surface area is 256 Å². The maximum absolute atomic E-state index is 13.8. The third kappa shape index (κ3) is 10.7. The standard InChI is InChI=1S/C32H50ClN3O6/c1-7-22(6)29(35-33)28(38)18-24(37)17-25(21(4)5)30(39)34-26(16-20(2)3)31(40)36-15-11-14-27(36)32(41)42-19-23-12-9-8-10-13-23/h8-10,12-13,20-22,25-29,35,38H,7,11,14-19H2,1-6H3,(H,34,39)/t22-,25-,26-,27-,28-,29+/m0/s1. The summed E-state index contributed by atoms with van der Waals surface area (Å²) < 4.78 is 5.54. The molecule has 0 aromatic heterocycles. The molecule has 0 bridgehead atoms. The lowest BCUT2D eigenvalue weighted by Gasteiger charge is -2.31. The van der Waals surface area contributed by atoms with Crippen LogP contribution in [0.4, 0.5) is 0 Å². The Morgan fingerprint density at radius 2 is 1.74 bits per heavy atom. The summed E-state index contributed by atoms with van der Waals surface area (Å²) in [6, 6.07) is 7.37. The molecule has 0 saturated carbocycles. The van der Waals surface area contributed by atoms with Crippen LogP contribution in [0.5, 0.6) is 0 Å². The van der Waals surface area contributed by atoms with Crippen molar-refractivity contribution in [3.05, 3.63) is 35.9 Å². The highest BCUT2D eigenvalue weighted by Crippen LogP contribution is 2.24. The zero-order chi connectivity index (χ0) is 31.4. The van der Waals surface area contributed by atoms with E-state index >= 15 is 0 Å². The van der Waals surface area contributed by atoms with Gasteiger partial charge in [-0.15, -0.1) is 0 Å². The number of ketones is 1. The number of amides is 2. The monoisotopic (exact) mass is 607 g/mol. The number of halogens is 1. The van der Waals surface area contributed by atoms with Crippen molar-refractivity contribution in [1.29, 1.82) is 0 Å². The minimum Gasteiger partial charge on any atom is -0.459 e. The summed E-state index contributed by atoms with van der Waals surface area (Å²) in [5.41, 5.74) is 0.864. The van der Waals surface area contributed by atoms with Crippen LogP contribution in [0.3, 0.4) is 0 Å². The van der Waals surface area contributed by atoms with Crippen molar-refractivity contribution >= 4 is 35.3 Å². The Morgan fingerprint density at radius 3 is 2.31 bits per heavy atom. The molecule has 10 heteroatoms. The number of esters is 1. The fourth-order valence-corrected chi connectivity index (χ4v) is 5.77. The van der Waals surface area contributed by atoms with Gasteiger partial charge in [-0.05, 0) is 54.4 Å². The van der Waals surface area contributed by atoms with Crippen LogP contribution in [0, 0.1) is 23.7 Å². The van der Waals surface area contributed by atoms with Crippen LogP contribution in [-0.2, 0) is 30.5 Å². The molecular formula is C32H50ClN3O6. The molecule has 0 spiro atoms. The lowest BCUT2D eigenvalue weighted by molar-refractivity contribution is -0.155. The molecule has 3 N–H and O–H groups in total. The van der Waals surface area contributed by atoms with Gasteiger partial charge in [-0.2, -0.15) is 0 Å². The van der Waals surface area contributed by atoms with Crippen LogP contribution in [0.25, 0.3) is 0 Å². The SMILES string of the molecule is CC[C@H](C)[C@@H](NCl)[C@@H](O)CC(=O)C[C@H](C(=O)N[C@@H](CC(C)C)C(=O)N1CCC[C@H]1C(=O)OCc1ccccc1)C(C)C. The van der Waals surface area contributed by atoms with E-state index in [1.54, 1.807) is 0 Å². The van der Waals surface area contributed by atoms with Crippen LogP contribution in [0.15, 0.2) is 30.3 Å². The van der Waals surface area contributed by atoms with Crippen LogP contribution in [-0.4, -0.2) is 64.3 Å². The molecule has 0 aliphatic carbocycles. The van der Waals surface area contributed by atoms with E-state index in [1.165, 1.54) is 4.90 Å². The topological polar surface area (TPSA) is 125 Å². The van der Waals surface area contributed by atoms with Crippen LogP contribution in [0.2, 0.25) is 0 Å². The lowest BCUT2D eigenvalue weighted by Crippen LogP contribution is -2.53. The largest absolute Gasteiger partial charge is 0.459 e. The third-order valence-electron chi connectivity index (χ3n) is 8.18. The van der Waals surface area contributed by atoms with Gasteiger partial charge in [0.1, 0.15) is 24.5 Å². The van der Waals surface area contributed by atoms with E-state index in [0.717, 1.165) is 12.0 Å². The first-order valence-electron chi connectivity index (χ1n) is 15.3. The number of rotatable bonds is 17. The number of ether oxygens (including phenoxy) is 1. The van der Waals surface area contributed by atoms with E-state index in [9.17, 15) is 24.3 Å². The Morgan fingerprint density at radius 1 is 1.07 bits per heavy atom. The van der Waals surface area contributed by atoms with Crippen molar-refractivity contribution in [1.82, 2.24) is 15.1 Å². The molecule has 9 nitrogen and oxygen atoms in total. The molecule has 2 rings (SSSR count). The van der Waals surface area contributed by atoms with Gasteiger partial charge in [-0.1, -0.05) is 78.3 Å². The van der Waals surface area contributed by atoms with E-state index in [0.29, 0.717) is 25.8 Å². The van der Waals surface area contributed by atoms with Crippen molar-refractivity contribution in [3.8, 4) is 0 Å². The number of nitrogens with one attached hydrogen (secondary N) is 2. The highest BCUT2D eigenvalue weighted by molar-refractivity contribution is 6.13. The summed E-state index contributed by atoms with van der Waals surface area (Å²) >= 11 is 5.83. The zero-order valence-corrected chi connectivity index (χ0v) is 26.7. The Kier molecular flexibility index (Phi) is 14.9. The molecule has 2 amide bonds. The maximum atomic E-state index is 13.8. The summed E-state index contributed by atoms with van der Waals surface area (Å²) in [6.07, 6.45) is 1.17. The number of likely N-dealkylation sites (tertiary alicyclic amines) is 1. The molecule has 1 aliphatic rings. The quantitative estimate of drug-likeness (QED) is 0.177. The number of hydrogen-bond donors (Lipinski definition) is 3. The number of carbonyl (C=O) groups excluding carboxylic acids is 4. The molecule has 1 saturated heterocycles. The fourth-order valence-electron chi connectivity index (χ4n) is 5.41. The van der Waals surface area contributed by atoms with Crippen molar-refractivity contribution in [3.63, 3.8) is 0 Å². The van der Waals surface area contributed by atoms with Gasteiger partial charge in [-0.25, -0.2) is 9.63 Å². The van der Waals surface area contributed by atoms with Crippen molar-refractivity contribution in [2.45, 2.75) is 111 Å². The summed E-state index contributed by atoms with van der Waals surface area (Å²) in [7, 11) is 0. The van der Waals surface area contributed by atoms with Gasteiger partial charge in [0.2, 0.25) is 11.8 Å². The molecule has 236 valence electrons. The molecule has 1 aromatic carbocycles. The molecule has 42 heavy (non-hydrogen) atoms. The van der Waals surface area contributed by atoms with Crippen molar-refractivity contribution < 1.29 is 29.0 Å². The normalized spacial score (nSPS) is 18.8. The zero-order valence-electron chi connectivity index (χ0n) is 26.0. The molecule has 0 radical (unpaired) electrons. The highest BCUT2D eigenvalue weighted by atomic mass is 35.5. The average molecular weight is 608 g/mol. The average Bonchev–Trinajstić information content (AvgIpc) is 3.44. The summed E-state index contributed by atoms with van der Waals surface area (Å²) in [5, 5.41) is 13.5. The summed E-state index contributed by atoms with van der Waals surface area (Å²) in [6.45, 7) is 12.1. The fraction of sp³-hybridized carbons (Fsp3) is 0.688. The molecule has 0 unspecified atom stereocenters. The first-order valence-corrected chi connectivity index (χ1v) is 15.6. The van der Waals surface area contributed by atoms with Gasteiger partial charge in [-0.3, -0.25) is 14.4 Å². The van der Waals surface area contributed by atoms with E-state index in [-0.39, 0.29) is 54.8 Å². The van der Waals surface area contributed by atoms with E-state index in [1.807, 2.05) is 71.9 Å². The summed E-state index contributed by atoms with van der Waals surface area (Å²) in [5.74, 6) is -2.10. The minimum absolute atomic E-state index is 0.0577. The van der Waals surface area contributed by atoms with E-state index < -0.39 is 36.1 Å². The molecule has 1 heterocycles. The number of aliphatic hydroxyl groups excluding tert-OH is 1.